The molecule has 152 valence electrons. The maximum absolute atomic E-state index is 13.2. The molecule has 1 unspecified atom stereocenters. The number of carbonyl (C=O) groups excluding carboxylic acids is 1. The summed E-state index contributed by atoms with van der Waals surface area (Å²) in [6.45, 7) is 6.35. The molecule has 1 amide bonds. The van der Waals surface area contributed by atoms with Crippen LogP contribution in [0.4, 0.5) is 0 Å². The predicted molar refractivity (Wildman–Crippen MR) is 109 cm³/mol. The third-order valence-corrected chi connectivity index (χ3v) is 6.43. The number of rotatable bonds is 5. The van der Waals surface area contributed by atoms with Crippen LogP contribution < -0.4 is 0 Å². The van der Waals surface area contributed by atoms with E-state index in [0.29, 0.717) is 32.7 Å². The fraction of sp³-hybridized carbons (Fsp3) is 0.522. The van der Waals surface area contributed by atoms with Crippen LogP contribution in [0.3, 0.4) is 0 Å². The van der Waals surface area contributed by atoms with Crippen LogP contribution in [0, 0.1) is 30.6 Å². The fourth-order valence-corrected chi connectivity index (χ4v) is 4.57. The Morgan fingerprint density at radius 1 is 1.31 bits per heavy atom. The summed E-state index contributed by atoms with van der Waals surface area (Å²) in [6, 6.07) is 12.5. The molecule has 1 saturated heterocycles. The number of nitriles is 1. The van der Waals surface area contributed by atoms with Crippen LogP contribution in [0.2, 0.25) is 0 Å². The van der Waals surface area contributed by atoms with Gasteiger partial charge in [-0.25, -0.2) is 0 Å². The quantitative estimate of drug-likeness (QED) is 0.780. The van der Waals surface area contributed by atoms with Gasteiger partial charge in [0.15, 0.2) is 0 Å². The molecule has 0 N–H and O–H groups in total. The smallest absolute Gasteiger partial charge is 0.224 e. The molecule has 1 aliphatic heterocycles. The first-order valence-electron chi connectivity index (χ1n) is 10.4. The van der Waals surface area contributed by atoms with Crippen LogP contribution in [0.1, 0.15) is 54.2 Å². The van der Waals surface area contributed by atoms with Crippen LogP contribution in [0.25, 0.3) is 0 Å². The summed E-state index contributed by atoms with van der Waals surface area (Å²) in [5, 5.41) is 14.3. The number of hydrogen-bond acceptors (Lipinski definition) is 4. The standard InChI is InChI=1S/C23H28N4O2/c1-17-22(18(2)27(25-17)14-19-7-4-3-5-8-19)20-15-29-12-11-26(20)21(28)13-23(16-24)9-6-10-23/h3-5,7-8,20H,6,9-15H2,1-2H3. The van der Waals surface area contributed by atoms with Gasteiger partial charge in [-0.15, -0.1) is 0 Å². The van der Waals surface area contributed by atoms with Gasteiger partial charge in [0, 0.05) is 24.2 Å². The average molecular weight is 393 g/mol. The second-order valence-electron chi connectivity index (χ2n) is 8.33. The lowest BCUT2D eigenvalue weighted by molar-refractivity contribution is -0.143. The molecular formula is C23H28N4O2. The van der Waals surface area contributed by atoms with Crippen LogP contribution in [0.15, 0.2) is 30.3 Å². The minimum absolute atomic E-state index is 0.0640. The first-order valence-corrected chi connectivity index (χ1v) is 10.4. The Kier molecular flexibility index (Phi) is 5.42. The molecule has 0 bridgehead atoms. The summed E-state index contributed by atoms with van der Waals surface area (Å²) in [5.74, 6) is 0.0640. The van der Waals surface area contributed by atoms with Gasteiger partial charge in [-0.05, 0) is 32.3 Å². The van der Waals surface area contributed by atoms with E-state index < -0.39 is 5.41 Å². The SMILES string of the molecule is Cc1nn(Cc2ccccc2)c(C)c1C1COCCN1C(=O)CC1(C#N)CCC1. The Bertz CT molecular complexity index is 924. The van der Waals surface area contributed by atoms with Crippen molar-refractivity contribution in [2.75, 3.05) is 19.8 Å². The molecule has 1 aliphatic carbocycles. The summed E-state index contributed by atoms with van der Waals surface area (Å²) >= 11 is 0. The summed E-state index contributed by atoms with van der Waals surface area (Å²) in [4.78, 5) is 15.1. The molecule has 0 radical (unpaired) electrons. The molecule has 1 atom stereocenters. The highest BCUT2D eigenvalue weighted by Gasteiger charge is 2.42. The first-order chi connectivity index (χ1) is 14.0. The molecule has 2 aromatic rings. The maximum Gasteiger partial charge on any atom is 0.224 e. The zero-order valence-corrected chi connectivity index (χ0v) is 17.2. The summed E-state index contributed by atoms with van der Waals surface area (Å²) < 4.78 is 7.77. The number of aromatic nitrogens is 2. The highest BCUT2D eigenvalue weighted by Crippen LogP contribution is 2.44. The number of carbonyl (C=O) groups is 1. The highest BCUT2D eigenvalue weighted by atomic mass is 16.5. The van der Waals surface area contributed by atoms with Gasteiger partial charge in [0.05, 0.1) is 43.0 Å². The van der Waals surface area contributed by atoms with Crippen molar-refractivity contribution in [3.8, 4) is 6.07 Å². The molecule has 0 spiro atoms. The molecular weight excluding hydrogens is 364 g/mol. The van der Waals surface area contributed by atoms with Crippen molar-refractivity contribution in [1.29, 1.82) is 5.26 Å². The Morgan fingerprint density at radius 2 is 2.07 bits per heavy atom. The van der Waals surface area contributed by atoms with E-state index >= 15 is 0 Å². The number of amides is 1. The second kappa shape index (κ2) is 8.00. The lowest BCUT2D eigenvalue weighted by Gasteiger charge is -2.40. The lowest BCUT2D eigenvalue weighted by Crippen LogP contribution is -2.46. The lowest BCUT2D eigenvalue weighted by atomic mass is 9.67. The van der Waals surface area contributed by atoms with Crippen molar-refractivity contribution >= 4 is 5.91 Å². The number of aryl methyl sites for hydroxylation is 1. The van der Waals surface area contributed by atoms with Gasteiger partial charge in [-0.2, -0.15) is 10.4 Å². The molecule has 1 aromatic carbocycles. The minimum atomic E-state index is -0.457. The summed E-state index contributed by atoms with van der Waals surface area (Å²) in [6.07, 6.45) is 3.02. The largest absolute Gasteiger partial charge is 0.377 e. The molecule has 1 saturated carbocycles. The van der Waals surface area contributed by atoms with Crippen LogP contribution in [-0.2, 0) is 16.1 Å². The van der Waals surface area contributed by atoms with E-state index in [1.807, 2.05) is 34.7 Å². The van der Waals surface area contributed by atoms with Gasteiger partial charge in [0.25, 0.3) is 0 Å². The number of morpholine rings is 1. The van der Waals surface area contributed by atoms with Crippen molar-refractivity contribution in [3.05, 3.63) is 52.8 Å². The van der Waals surface area contributed by atoms with Crippen molar-refractivity contribution in [2.45, 2.75) is 52.1 Å². The van der Waals surface area contributed by atoms with Crippen LogP contribution in [-0.4, -0.2) is 40.3 Å². The van der Waals surface area contributed by atoms with Gasteiger partial charge >= 0.3 is 0 Å². The molecule has 6 heteroatoms. The van der Waals surface area contributed by atoms with Gasteiger partial charge in [0.2, 0.25) is 5.91 Å². The second-order valence-corrected chi connectivity index (χ2v) is 8.33. The van der Waals surface area contributed by atoms with E-state index in [2.05, 4.69) is 25.1 Å². The van der Waals surface area contributed by atoms with Gasteiger partial charge in [-0.3, -0.25) is 9.48 Å². The monoisotopic (exact) mass is 392 g/mol. The summed E-state index contributed by atoms with van der Waals surface area (Å²) in [7, 11) is 0. The van der Waals surface area contributed by atoms with Crippen LogP contribution in [0.5, 0.6) is 0 Å². The third-order valence-electron chi connectivity index (χ3n) is 6.43. The van der Waals surface area contributed by atoms with Gasteiger partial charge in [0.1, 0.15) is 0 Å². The normalized spacial score (nSPS) is 20.7. The van der Waals surface area contributed by atoms with Crippen molar-refractivity contribution in [1.82, 2.24) is 14.7 Å². The van der Waals surface area contributed by atoms with Crippen molar-refractivity contribution < 1.29 is 9.53 Å². The number of benzene rings is 1. The molecule has 2 fully saturated rings. The van der Waals surface area contributed by atoms with Gasteiger partial charge < -0.3 is 9.64 Å². The fourth-order valence-electron chi connectivity index (χ4n) is 4.57. The van der Waals surface area contributed by atoms with E-state index in [0.717, 1.165) is 36.2 Å². The van der Waals surface area contributed by atoms with E-state index in [-0.39, 0.29) is 11.9 Å². The maximum atomic E-state index is 13.2. The zero-order chi connectivity index (χ0) is 20.4. The summed E-state index contributed by atoms with van der Waals surface area (Å²) in [5.41, 5.74) is 3.82. The Balaban J connectivity index is 1.58. The van der Waals surface area contributed by atoms with E-state index in [1.165, 1.54) is 5.56 Å². The predicted octanol–water partition coefficient (Wildman–Crippen LogP) is 3.53. The number of nitrogens with zero attached hydrogens (tertiary/aromatic N) is 4. The molecule has 6 nitrogen and oxygen atoms in total. The molecule has 1 aromatic heterocycles. The highest BCUT2D eigenvalue weighted by molar-refractivity contribution is 5.78. The van der Waals surface area contributed by atoms with E-state index in [4.69, 9.17) is 9.84 Å². The van der Waals surface area contributed by atoms with Crippen molar-refractivity contribution in [3.63, 3.8) is 0 Å². The molecule has 2 aliphatic rings. The molecule has 29 heavy (non-hydrogen) atoms. The Morgan fingerprint density at radius 3 is 2.72 bits per heavy atom. The minimum Gasteiger partial charge on any atom is -0.377 e. The van der Waals surface area contributed by atoms with Crippen molar-refractivity contribution in [2.24, 2.45) is 5.41 Å². The molecule has 4 rings (SSSR count). The van der Waals surface area contributed by atoms with Crippen LogP contribution >= 0.6 is 0 Å². The first kappa shape index (κ1) is 19.7. The number of hydrogen-bond donors (Lipinski definition) is 0. The topological polar surface area (TPSA) is 71.2 Å². The van der Waals surface area contributed by atoms with E-state index in [9.17, 15) is 10.1 Å². The Hall–Kier alpha value is -2.65. The van der Waals surface area contributed by atoms with Gasteiger partial charge in [-0.1, -0.05) is 36.8 Å². The zero-order valence-electron chi connectivity index (χ0n) is 17.2. The molecule has 2 heterocycles. The average Bonchev–Trinajstić information content (AvgIpc) is 2.98. The third kappa shape index (κ3) is 3.79. The Labute approximate surface area is 172 Å². The number of ether oxygens (including phenoxy) is 1. The van der Waals surface area contributed by atoms with E-state index in [1.54, 1.807) is 0 Å².